The Bertz CT molecular complexity index is 1010. The molecule has 0 atom stereocenters. The molecule has 2 aromatic carbocycles. The molecule has 3 aromatic rings. The fourth-order valence-electron chi connectivity index (χ4n) is 3.02. The second-order valence-corrected chi connectivity index (χ2v) is 6.00. The summed E-state index contributed by atoms with van der Waals surface area (Å²) in [4.78, 5) is 16.5. The van der Waals surface area contributed by atoms with Gasteiger partial charge in [-0.1, -0.05) is 0 Å². The number of carbonyl (C=O) groups is 1. The standard InChI is InChI=1S/C21H21NO5/c1-5-27-20-10-14-15(21(23)24)9-16(22-17(14)11-19(20)26-4)13-6-7-18(25-3)12(2)8-13/h6-11H,5H2,1-4H3,(H,23,24). The first-order valence-corrected chi connectivity index (χ1v) is 8.52. The molecule has 3 rings (SSSR count). The third-order valence-corrected chi connectivity index (χ3v) is 4.31. The minimum atomic E-state index is -1.03. The third-order valence-electron chi connectivity index (χ3n) is 4.31. The molecular weight excluding hydrogens is 346 g/mol. The minimum Gasteiger partial charge on any atom is -0.496 e. The van der Waals surface area contributed by atoms with Crippen LogP contribution in [0.5, 0.6) is 17.2 Å². The summed E-state index contributed by atoms with van der Waals surface area (Å²) in [7, 11) is 3.15. The van der Waals surface area contributed by atoms with Crippen molar-refractivity contribution < 1.29 is 24.1 Å². The summed E-state index contributed by atoms with van der Waals surface area (Å²) in [6.45, 7) is 4.23. The molecule has 0 saturated carbocycles. The Hall–Kier alpha value is -3.28. The molecule has 0 saturated heterocycles. The normalized spacial score (nSPS) is 10.7. The first-order chi connectivity index (χ1) is 13.0. The number of benzene rings is 2. The first-order valence-electron chi connectivity index (χ1n) is 8.52. The lowest BCUT2D eigenvalue weighted by Gasteiger charge is -2.13. The number of aromatic carboxylic acids is 1. The number of aryl methyl sites for hydroxylation is 1. The highest BCUT2D eigenvalue weighted by Crippen LogP contribution is 2.35. The molecule has 140 valence electrons. The summed E-state index contributed by atoms with van der Waals surface area (Å²) in [5.41, 5.74) is 3.01. The van der Waals surface area contributed by atoms with E-state index in [0.29, 0.717) is 34.7 Å². The van der Waals surface area contributed by atoms with Crippen molar-refractivity contribution in [3.8, 4) is 28.5 Å². The van der Waals surface area contributed by atoms with Gasteiger partial charge in [0, 0.05) is 17.0 Å². The second-order valence-electron chi connectivity index (χ2n) is 6.00. The fraction of sp³-hybridized carbons (Fsp3) is 0.238. The number of nitrogens with zero attached hydrogens (tertiary/aromatic N) is 1. The summed E-state index contributed by atoms with van der Waals surface area (Å²) < 4.78 is 16.2. The lowest BCUT2D eigenvalue weighted by Crippen LogP contribution is -2.02. The Balaban J connectivity index is 2.25. The number of aromatic nitrogens is 1. The molecule has 0 aliphatic rings. The highest BCUT2D eigenvalue weighted by Gasteiger charge is 2.17. The van der Waals surface area contributed by atoms with Crippen LogP contribution >= 0.6 is 0 Å². The number of rotatable bonds is 6. The van der Waals surface area contributed by atoms with Gasteiger partial charge in [-0.15, -0.1) is 0 Å². The van der Waals surface area contributed by atoms with Crippen LogP contribution in [-0.2, 0) is 0 Å². The highest BCUT2D eigenvalue weighted by molar-refractivity contribution is 6.04. The summed E-state index contributed by atoms with van der Waals surface area (Å²) in [6.07, 6.45) is 0. The molecule has 0 aliphatic heterocycles. The van der Waals surface area contributed by atoms with Crippen LogP contribution < -0.4 is 14.2 Å². The Kier molecular flexibility index (Phi) is 5.16. The van der Waals surface area contributed by atoms with Gasteiger partial charge < -0.3 is 19.3 Å². The summed E-state index contributed by atoms with van der Waals surface area (Å²) in [5.74, 6) is 0.739. The molecule has 27 heavy (non-hydrogen) atoms. The molecule has 0 aliphatic carbocycles. The number of methoxy groups -OCH3 is 2. The second kappa shape index (κ2) is 7.53. The molecule has 0 fully saturated rings. The Labute approximate surface area is 157 Å². The largest absolute Gasteiger partial charge is 0.496 e. The van der Waals surface area contributed by atoms with Crippen LogP contribution in [0.3, 0.4) is 0 Å². The molecule has 6 nitrogen and oxygen atoms in total. The molecule has 0 unspecified atom stereocenters. The van der Waals surface area contributed by atoms with Crippen molar-refractivity contribution in [3.05, 3.63) is 47.5 Å². The van der Waals surface area contributed by atoms with E-state index < -0.39 is 5.97 Å². The fourth-order valence-corrected chi connectivity index (χ4v) is 3.02. The van der Waals surface area contributed by atoms with E-state index in [9.17, 15) is 9.90 Å². The van der Waals surface area contributed by atoms with Gasteiger partial charge in [-0.25, -0.2) is 9.78 Å². The number of carboxylic acids is 1. The zero-order valence-corrected chi connectivity index (χ0v) is 15.7. The molecular formula is C21H21NO5. The van der Waals surface area contributed by atoms with Gasteiger partial charge in [0.2, 0.25) is 0 Å². The van der Waals surface area contributed by atoms with Crippen LogP contribution in [-0.4, -0.2) is 36.9 Å². The van der Waals surface area contributed by atoms with Crippen molar-refractivity contribution in [2.75, 3.05) is 20.8 Å². The predicted molar refractivity (Wildman–Crippen MR) is 103 cm³/mol. The zero-order valence-electron chi connectivity index (χ0n) is 15.7. The molecule has 0 bridgehead atoms. The lowest BCUT2D eigenvalue weighted by molar-refractivity contribution is 0.0699. The number of carboxylic acid groups (broad SMARTS) is 1. The van der Waals surface area contributed by atoms with Crippen molar-refractivity contribution in [2.45, 2.75) is 13.8 Å². The first kappa shape index (κ1) is 18.5. The smallest absolute Gasteiger partial charge is 0.336 e. The van der Waals surface area contributed by atoms with Gasteiger partial charge in [0.15, 0.2) is 11.5 Å². The monoisotopic (exact) mass is 367 g/mol. The summed E-state index contributed by atoms with van der Waals surface area (Å²) in [5, 5.41) is 10.2. The van der Waals surface area contributed by atoms with Crippen molar-refractivity contribution in [3.63, 3.8) is 0 Å². The molecule has 0 spiro atoms. The van der Waals surface area contributed by atoms with Gasteiger partial charge in [0.1, 0.15) is 5.75 Å². The van der Waals surface area contributed by atoms with Gasteiger partial charge in [0.25, 0.3) is 0 Å². The third kappa shape index (κ3) is 3.51. The van der Waals surface area contributed by atoms with E-state index in [4.69, 9.17) is 14.2 Å². The number of pyridine rings is 1. The van der Waals surface area contributed by atoms with E-state index in [1.165, 1.54) is 0 Å². The van der Waals surface area contributed by atoms with Crippen LogP contribution in [0.25, 0.3) is 22.2 Å². The molecule has 0 radical (unpaired) electrons. The Morgan fingerprint density at radius 3 is 2.37 bits per heavy atom. The maximum Gasteiger partial charge on any atom is 0.336 e. The number of ether oxygens (including phenoxy) is 3. The van der Waals surface area contributed by atoms with Crippen molar-refractivity contribution in [1.29, 1.82) is 0 Å². The lowest BCUT2D eigenvalue weighted by atomic mass is 10.0. The predicted octanol–water partition coefficient (Wildman–Crippen LogP) is 4.32. The minimum absolute atomic E-state index is 0.159. The van der Waals surface area contributed by atoms with Crippen molar-refractivity contribution in [2.24, 2.45) is 0 Å². The Morgan fingerprint density at radius 2 is 1.78 bits per heavy atom. The molecule has 0 amide bonds. The van der Waals surface area contributed by atoms with Gasteiger partial charge in [-0.3, -0.25) is 0 Å². The summed E-state index contributed by atoms with van der Waals surface area (Å²) >= 11 is 0. The van der Waals surface area contributed by atoms with Crippen LogP contribution in [0.4, 0.5) is 0 Å². The van der Waals surface area contributed by atoms with Crippen molar-refractivity contribution >= 4 is 16.9 Å². The number of hydrogen-bond donors (Lipinski definition) is 1. The molecule has 1 heterocycles. The van der Waals surface area contributed by atoms with Gasteiger partial charge in [-0.2, -0.15) is 0 Å². The summed E-state index contributed by atoms with van der Waals surface area (Å²) in [6, 6.07) is 10.6. The van der Waals surface area contributed by atoms with Gasteiger partial charge >= 0.3 is 5.97 Å². The molecule has 1 N–H and O–H groups in total. The molecule has 1 aromatic heterocycles. The van der Waals surface area contributed by atoms with Crippen molar-refractivity contribution in [1.82, 2.24) is 4.98 Å². The quantitative estimate of drug-likeness (QED) is 0.699. The average Bonchev–Trinajstić information content (AvgIpc) is 2.66. The van der Waals surface area contributed by atoms with E-state index in [-0.39, 0.29) is 5.56 Å². The van der Waals surface area contributed by atoms with E-state index >= 15 is 0 Å². The SMILES string of the molecule is CCOc1cc2c(C(=O)O)cc(-c3ccc(OC)c(C)c3)nc2cc1OC. The average molecular weight is 367 g/mol. The number of hydrogen-bond acceptors (Lipinski definition) is 5. The number of fused-ring (bicyclic) bond motifs is 1. The topological polar surface area (TPSA) is 77.9 Å². The maximum atomic E-state index is 11.9. The van der Waals surface area contributed by atoms with E-state index in [1.807, 2.05) is 32.0 Å². The van der Waals surface area contributed by atoms with Crippen LogP contribution in [0.1, 0.15) is 22.8 Å². The van der Waals surface area contributed by atoms with E-state index in [1.54, 1.807) is 32.4 Å². The van der Waals surface area contributed by atoms with Gasteiger partial charge in [-0.05, 0) is 49.7 Å². The van der Waals surface area contributed by atoms with E-state index in [0.717, 1.165) is 16.9 Å². The van der Waals surface area contributed by atoms with Gasteiger partial charge in [0.05, 0.1) is 37.6 Å². The van der Waals surface area contributed by atoms with Crippen LogP contribution in [0.2, 0.25) is 0 Å². The van der Waals surface area contributed by atoms with E-state index in [2.05, 4.69) is 4.98 Å². The maximum absolute atomic E-state index is 11.9. The van der Waals surface area contributed by atoms with Crippen LogP contribution in [0, 0.1) is 6.92 Å². The van der Waals surface area contributed by atoms with Crippen LogP contribution in [0.15, 0.2) is 36.4 Å². The highest BCUT2D eigenvalue weighted by atomic mass is 16.5. The Morgan fingerprint density at radius 1 is 1.04 bits per heavy atom. The zero-order chi connectivity index (χ0) is 19.6. The molecule has 6 heteroatoms.